The molecule has 2 aromatic rings. The third-order valence-electron chi connectivity index (χ3n) is 4.30. The predicted molar refractivity (Wildman–Crippen MR) is 73.0 cm³/mol. The molecule has 1 aromatic heterocycles. The van der Waals surface area contributed by atoms with Gasteiger partial charge in [0.1, 0.15) is 5.51 Å². The van der Waals surface area contributed by atoms with E-state index in [2.05, 4.69) is 45.4 Å². The van der Waals surface area contributed by atoms with Gasteiger partial charge in [-0.3, -0.25) is 0 Å². The molecule has 0 radical (unpaired) electrons. The molecule has 1 aliphatic carbocycles. The molecule has 4 heteroatoms. The Labute approximate surface area is 110 Å². The minimum atomic E-state index is 0.576. The third-order valence-corrected chi connectivity index (χ3v) is 5.05. The summed E-state index contributed by atoms with van der Waals surface area (Å²) in [5.74, 6) is 0.780. The van der Waals surface area contributed by atoms with Crippen molar-refractivity contribution in [3.05, 3.63) is 41.4 Å². The number of anilines is 1. The van der Waals surface area contributed by atoms with Gasteiger partial charge in [-0.1, -0.05) is 41.7 Å². The fourth-order valence-corrected chi connectivity index (χ4v) is 3.97. The van der Waals surface area contributed by atoms with Crippen LogP contribution in [0.4, 0.5) is 5.13 Å². The van der Waals surface area contributed by atoms with Crippen LogP contribution in [-0.4, -0.2) is 23.3 Å². The zero-order valence-electron chi connectivity index (χ0n) is 10.1. The lowest BCUT2D eigenvalue weighted by Gasteiger charge is -2.59. The molecule has 3 nitrogen and oxygen atoms in total. The number of aromatic nitrogens is 2. The van der Waals surface area contributed by atoms with Crippen molar-refractivity contribution in [1.29, 1.82) is 0 Å². The highest BCUT2D eigenvalue weighted by Gasteiger charge is 2.53. The van der Waals surface area contributed by atoms with Gasteiger partial charge in [-0.15, -0.1) is 10.2 Å². The lowest BCUT2D eigenvalue weighted by molar-refractivity contribution is 0.0632. The molecule has 1 saturated heterocycles. The number of nitrogens with zero attached hydrogens (tertiary/aromatic N) is 3. The van der Waals surface area contributed by atoms with Gasteiger partial charge < -0.3 is 4.90 Å². The largest absolute Gasteiger partial charge is 0.345 e. The molecule has 2 heterocycles. The van der Waals surface area contributed by atoms with Crippen molar-refractivity contribution in [1.82, 2.24) is 10.2 Å². The molecule has 1 aromatic carbocycles. The first-order chi connectivity index (χ1) is 8.85. The Morgan fingerprint density at radius 1 is 1.17 bits per heavy atom. The highest BCUT2D eigenvalue weighted by Crippen LogP contribution is 2.56. The van der Waals surface area contributed by atoms with Crippen LogP contribution in [-0.2, 0) is 0 Å². The molecule has 0 amide bonds. The molecule has 1 aliphatic heterocycles. The molecule has 4 rings (SSSR count). The van der Waals surface area contributed by atoms with Gasteiger partial charge in [0.05, 0.1) is 0 Å². The quantitative estimate of drug-likeness (QED) is 0.828. The summed E-state index contributed by atoms with van der Waals surface area (Å²) in [4.78, 5) is 2.36. The van der Waals surface area contributed by atoms with E-state index in [1.165, 1.54) is 31.5 Å². The van der Waals surface area contributed by atoms with Crippen molar-refractivity contribution in [2.75, 3.05) is 18.0 Å². The first-order valence-electron chi connectivity index (χ1n) is 6.41. The lowest BCUT2D eigenvalue weighted by Crippen LogP contribution is -2.61. The van der Waals surface area contributed by atoms with Gasteiger partial charge in [-0.05, 0) is 24.3 Å². The Bertz CT molecular complexity index is 523. The fourth-order valence-electron chi connectivity index (χ4n) is 3.41. The second kappa shape index (κ2) is 3.79. The number of rotatable bonds is 2. The normalized spacial score (nSPS) is 21.7. The zero-order valence-corrected chi connectivity index (χ0v) is 10.9. The summed E-state index contributed by atoms with van der Waals surface area (Å²) in [6.45, 7) is 2.34. The maximum Gasteiger partial charge on any atom is 0.208 e. The first-order valence-corrected chi connectivity index (χ1v) is 7.29. The summed E-state index contributed by atoms with van der Waals surface area (Å²) in [7, 11) is 0. The SMILES string of the molecule is c1ccc(C2CC3(C2)CN(c2nncs2)C3)cc1. The van der Waals surface area contributed by atoms with E-state index < -0.39 is 0 Å². The van der Waals surface area contributed by atoms with Gasteiger partial charge in [0.15, 0.2) is 0 Å². The standard InChI is InChI=1S/C14H15N3S/c1-2-4-11(5-3-1)12-6-14(7-12)8-17(9-14)13-16-15-10-18-13/h1-5,10,12H,6-9H2. The summed E-state index contributed by atoms with van der Waals surface area (Å²) in [5, 5.41) is 9.13. The van der Waals surface area contributed by atoms with E-state index in [9.17, 15) is 0 Å². The first kappa shape index (κ1) is 10.5. The maximum absolute atomic E-state index is 4.13. The number of benzene rings is 1. The van der Waals surface area contributed by atoms with Gasteiger partial charge in [0.2, 0.25) is 5.13 Å². The minimum absolute atomic E-state index is 0.576. The highest BCUT2D eigenvalue weighted by atomic mass is 32.1. The molecule has 0 atom stereocenters. The summed E-state index contributed by atoms with van der Waals surface area (Å²) < 4.78 is 0. The van der Waals surface area contributed by atoms with Crippen LogP contribution in [0.15, 0.2) is 35.8 Å². The van der Waals surface area contributed by atoms with Crippen molar-refractivity contribution in [2.24, 2.45) is 5.41 Å². The van der Waals surface area contributed by atoms with E-state index in [-0.39, 0.29) is 0 Å². The Hall–Kier alpha value is -1.42. The highest BCUT2D eigenvalue weighted by molar-refractivity contribution is 7.13. The van der Waals surface area contributed by atoms with Crippen LogP contribution in [0.5, 0.6) is 0 Å². The van der Waals surface area contributed by atoms with Crippen LogP contribution in [0, 0.1) is 5.41 Å². The van der Waals surface area contributed by atoms with Crippen molar-refractivity contribution in [2.45, 2.75) is 18.8 Å². The van der Waals surface area contributed by atoms with E-state index in [1.807, 2.05) is 5.51 Å². The molecule has 92 valence electrons. The second-order valence-electron chi connectivity index (χ2n) is 5.59. The topological polar surface area (TPSA) is 29.0 Å². The molecule has 0 unspecified atom stereocenters. The average molecular weight is 257 g/mol. The monoisotopic (exact) mass is 257 g/mol. The van der Waals surface area contributed by atoms with E-state index in [1.54, 1.807) is 11.3 Å². The maximum atomic E-state index is 4.13. The van der Waals surface area contributed by atoms with Crippen LogP contribution >= 0.6 is 11.3 Å². The van der Waals surface area contributed by atoms with Gasteiger partial charge in [0.25, 0.3) is 0 Å². The van der Waals surface area contributed by atoms with Crippen LogP contribution in [0.3, 0.4) is 0 Å². The third kappa shape index (κ3) is 1.56. The fraction of sp³-hybridized carbons (Fsp3) is 0.429. The molecular formula is C14H15N3S. The van der Waals surface area contributed by atoms with Crippen molar-refractivity contribution in [3.63, 3.8) is 0 Å². The molecule has 18 heavy (non-hydrogen) atoms. The summed E-state index contributed by atoms with van der Waals surface area (Å²) >= 11 is 1.64. The molecule has 0 N–H and O–H groups in total. The molecule has 2 aliphatic rings. The predicted octanol–water partition coefficient (Wildman–Crippen LogP) is 2.92. The van der Waals surface area contributed by atoms with Gasteiger partial charge in [-0.2, -0.15) is 0 Å². The molecule has 2 fully saturated rings. The molecule has 1 spiro atoms. The van der Waals surface area contributed by atoms with Crippen LogP contribution in [0.2, 0.25) is 0 Å². The van der Waals surface area contributed by atoms with E-state index in [4.69, 9.17) is 0 Å². The van der Waals surface area contributed by atoms with Crippen LogP contribution in [0.25, 0.3) is 0 Å². The number of hydrogen-bond donors (Lipinski definition) is 0. The van der Waals surface area contributed by atoms with Gasteiger partial charge in [-0.25, -0.2) is 0 Å². The summed E-state index contributed by atoms with van der Waals surface area (Å²) in [6, 6.07) is 10.9. The Balaban J connectivity index is 1.38. The average Bonchev–Trinajstić information content (AvgIpc) is 2.80. The van der Waals surface area contributed by atoms with E-state index in [0.717, 1.165) is 11.0 Å². The van der Waals surface area contributed by atoms with E-state index >= 15 is 0 Å². The smallest absolute Gasteiger partial charge is 0.208 e. The minimum Gasteiger partial charge on any atom is -0.345 e. The number of hydrogen-bond acceptors (Lipinski definition) is 4. The van der Waals surface area contributed by atoms with Crippen LogP contribution in [0.1, 0.15) is 24.3 Å². The lowest BCUT2D eigenvalue weighted by atomic mass is 9.56. The van der Waals surface area contributed by atoms with Crippen molar-refractivity contribution in [3.8, 4) is 0 Å². The van der Waals surface area contributed by atoms with Crippen molar-refractivity contribution >= 4 is 16.5 Å². The summed E-state index contributed by atoms with van der Waals surface area (Å²) in [5.41, 5.74) is 3.90. The Kier molecular flexibility index (Phi) is 2.21. The second-order valence-corrected chi connectivity index (χ2v) is 6.40. The van der Waals surface area contributed by atoms with E-state index in [0.29, 0.717) is 5.41 Å². The van der Waals surface area contributed by atoms with Crippen LogP contribution < -0.4 is 4.90 Å². The molecule has 1 saturated carbocycles. The van der Waals surface area contributed by atoms with Crippen molar-refractivity contribution < 1.29 is 0 Å². The molecule has 0 bridgehead atoms. The van der Waals surface area contributed by atoms with Gasteiger partial charge >= 0.3 is 0 Å². The summed E-state index contributed by atoms with van der Waals surface area (Å²) in [6.07, 6.45) is 2.68. The zero-order chi connectivity index (χ0) is 12.0. The van der Waals surface area contributed by atoms with Gasteiger partial charge in [0, 0.05) is 18.5 Å². The Morgan fingerprint density at radius 2 is 1.94 bits per heavy atom. The Morgan fingerprint density at radius 3 is 2.61 bits per heavy atom. The molecular weight excluding hydrogens is 242 g/mol.